The molecule has 1 saturated heterocycles. The van der Waals surface area contributed by atoms with Gasteiger partial charge in [0.2, 0.25) is 0 Å². The molecule has 0 unspecified atom stereocenters. The molecule has 1 heterocycles. The molecule has 2 N–H and O–H groups in total. The van der Waals surface area contributed by atoms with Gasteiger partial charge in [0.15, 0.2) is 5.78 Å². The molecule has 0 amide bonds. The summed E-state index contributed by atoms with van der Waals surface area (Å²) in [4.78, 5) is 35.9. The van der Waals surface area contributed by atoms with Gasteiger partial charge in [-0.25, -0.2) is 0 Å². The topological polar surface area (TPSA) is 140 Å². The minimum absolute atomic E-state index is 0.0240. The van der Waals surface area contributed by atoms with Crippen molar-refractivity contribution >= 4 is 11.8 Å². The standard InChI is InChI=1S/C42H57NO8/c1-28(14-12-15-29(2)19-21-37-38(6,7)25-35(50-32(5)44)26-40(37,10)47)18-20-33(43(48)49)22-30(3)16-13-17-31(4)36(46)27-42-39(8,9)23-34(45)24-41(42,11)51-42/h12-20,22,34-35,45,47H,23-27H2,1-11H3/b14-12+,16-13+,28-18+,29-15+,30-22-,31-17+,33-20+/t21?,34-,35-,40+,41+,42-/m0/s1. The van der Waals surface area contributed by atoms with E-state index in [1.807, 2.05) is 72.8 Å². The number of ketones is 1. The molecule has 0 aromatic carbocycles. The van der Waals surface area contributed by atoms with Crippen molar-refractivity contribution in [2.24, 2.45) is 10.8 Å². The number of hydrogen-bond donors (Lipinski definition) is 2. The highest BCUT2D eigenvalue weighted by molar-refractivity contribution is 5.96. The second kappa shape index (κ2) is 15.8. The zero-order chi connectivity index (χ0) is 38.6. The molecule has 278 valence electrons. The quantitative estimate of drug-likeness (QED) is 0.0394. The first kappa shape index (κ1) is 41.5. The maximum Gasteiger partial charge on any atom is 0.302 e. The predicted octanol–water partition coefficient (Wildman–Crippen LogP) is 8.30. The summed E-state index contributed by atoms with van der Waals surface area (Å²) in [6.07, 6.45) is 18.6. The number of aliphatic hydroxyl groups excluding tert-OH is 1. The Morgan fingerprint density at radius 2 is 1.53 bits per heavy atom. The molecular formula is C42H57NO8. The Morgan fingerprint density at radius 3 is 2.12 bits per heavy atom. The number of carbonyl (C=O) groups is 2. The Kier molecular flexibility index (Phi) is 12.9. The number of ether oxygens (including phenoxy) is 2. The Balaban J connectivity index is 1.65. The van der Waals surface area contributed by atoms with Crippen molar-refractivity contribution in [1.82, 2.24) is 0 Å². The van der Waals surface area contributed by atoms with Gasteiger partial charge >= 0.3 is 5.97 Å². The summed E-state index contributed by atoms with van der Waals surface area (Å²) in [5.41, 5.74) is 3.88. The zero-order valence-corrected chi connectivity index (χ0v) is 32.3. The number of epoxide rings is 1. The first-order valence-corrected chi connectivity index (χ1v) is 17.6. The maximum atomic E-state index is 13.1. The van der Waals surface area contributed by atoms with E-state index in [2.05, 4.69) is 5.73 Å². The monoisotopic (exact) mass is 703 g/mol. The SMILES string of the molecule is CC(=O)O[C@H]1CC(C)(C)C(=C=C/C(C)=C/C=C/C(C)=C/C=C(\C=C(C)/C=C/C=C(\C)C(=O)C[C@@]23O[C@]2(C)C[C@@H](O)CC3(C)C)[N+](=O)[O-])[C@](C)(O)C1. The van der Waals surface area contributed by atoms with Crippen LogP contribution in [-0.4, -0.2) is 55.9 Å². The van der Waals surface area contributed by atoms with Gasteiger partial charge in [0, 0.05) is 43.9 Å². The number of allylic oxidation sites excluding steroid dienone is 13. The van der Waals surface area contributed by atoms with E-state index >= 15 is 0 Å². The van der Waals surface area contributed by atoms with Crippen molar-refractivity contribution in [3.8, 4) is 0 Å². The lowest BCUT2D eigenvalue weighted by Gasteiger charge is -2.44. The third-order valence-electron chi connectivity index (χ3n) is 10.4. The molecule has 0 aromatic rings. The second-order valence-corrected chi connectivity index (χ2v) is 16.3. The molecule has 5 atom stereocenters. The van der Waals surface area contributed by atoms with Crippen LogP contribution in [0.15, 0.2) is 100 Å². The van der Waals surface area contributed by atoms with Crippen molar-refractivity contribution in [3.05, 3.63) is 110 Å². The summed E-state index contributed by atoms with van der Waals surface area (Å²) in [5.74, 6) is -0.383. The number of carbonyl (C=O) groups excluding carboxylic acids is 2. The number of nitrogens with zero attached hydrogens (tertiary/aromatic N) is 1. The van der Waals surface area contributed by atoms with E-state index in [1.165, 1.54) is 19.1 Å². The number of fused-ring (bicyclic) bond motifs is 1. The van der Waals surface area contributed by atoms with Gasteiger partial charge in [-0.3, -0.25) is 19.7 Å². The molecule has 0 aromatic heterocycles. The number of hydrogen-bond acceptors (Lipinski definition) is 8. The molecule has 51 heavy (non-hydrogen) atoms. The number of esters is 1. The van der Waals surface area contributed by atoms with Crippen molar-refractivity contribution in [1.29, 1.82) is 0 Å². The van der Waals surface area contributed by atoms with Gasteiger partial charge in [0.05, 0.1) is 22.2 Å². The van der Waals surface area contributed by atoms with Crippen molar-refractivity contribution in [2.75, 3.05) is 0 Å². The highest BCUT2D eigenvalue weighted by atomic mass is 16.6. The first-order chi connectivity index (χ1) is 23.4. The molecule has 0 spiro atoms. The fraction of sp³-hybridized carbons (Fsp3) is 0.548. The van der Waals surface area contributed by atoms with Crippen molar-refractivity contribution in [2.45, 2.75) is 137 Å². The Labute approximate surface area is 303 Å². The van der Waals surface area contributed by atoms with E-state index < -0.39 is 33.2 Å². The molecule has 9 heteroatoms. The van der Waals surface area contributed by atoms with Crippen LogP contribution in [0.2, 0.25) is 0 Å². The third kappa shape index (κ3) is 10.4. The Bertz CT molecular complexity index is 1670. The van der Waals surface area contributed by atoms with Crippen LogP contribution in [0.25, 0.3) is 0 Å². The summed E-state index contributed by atoms with van der Waals surface area (Å²) in [7, 11) is 0. The molecule has 9 nitrogen and oxygen atoms in total. The second-order valence-electron chi connectivity index (χ2n) is 16.3. The molecule has 3 rings (SSSR count). The van der Waals surface area contributed by atoms with E-state index in [1.54, 1.807) is 45.1 Å². The molecule has 2 saturated carbocycles. The lowest BCUT2D eigenvalue weighted by molar-refractivity contribution is -0.419. The average molecular weight is 704 g/mol. The number of rotatable bonds is 12. The van der Waals surface area contributed by atoms with Crippen molar-refractivity contribution in [3.63, 3.8) is 0 Å². The molecule has 2 aliphatic carbocycles. The van der Waals surface area contributed by atoms with Crippen LogP contribution in [-0.2, 0) is 19.1 Å². The van der Waals surface area contributed by atoms with Crippen LogP contribution in [0.5, 0.6) is 0 Å². The first-order valence-electron chi connectivity index (χ1n) is 17.6. The largest absolute Gasteiger partial charge is 0.462 e. The van der Waals surface area contributed by atoms with E-state index in [0.717, 1.165) is 16.7 Å². The van der Waals surface area contributed by atoms with Crippen LogP contribution in [0, 0.1) is 20.9 Å². The van der Waals surface area contributed by atoms with E-state index in [9.17, 15) is 29.9 Å². The average Bonchev–Trinajstić information content (AvgIpc) is 3.57. The normalized spacial score (nSPS) is 31.3. The maximum absolute atomic E-state index is 13.1. The van der Waals surface area contributed by atoms with Crippen LogP contribution in [0.1, 0.15) is 108 Å². The highest BCUT2D eigenvalue weighted by Crippen LogP contribution is 2.67. The molecule has 0 bridgehead atoms. The minimum atomic E-state index is -1.17. The van der Waals surface area contributed by atoms with E-state index in [-0.39, 0.29) is 35.4 Å². The summed E-state index contributed by atoms with van der Waals surface area (Å²) < 4.78 is 11.6. The third-order valence-corrected chi connectivity index (χ3v) is 10.4. The number of aliphatic hydroxyl groups is 2. The van der Waals surface area contributed by atoms with Gasteiger partial charge in [0.1, 0.15) is 11.7 Å². The molecule has 3 aliphatic rings. The minimum Gasteiger partial charge on any atom is -0.462 e. The summed E-state index contributed by atoms with van der Waals surface area (Å²) >= 11 is 0. The van der Waals surface area contributed by atoms with Crippen LogP contribution in [0.3, 0.4) is 0 Å². The highest BCUT2D eigenvalue weighted by Gasteiger charge is 2.76. The van der Waals surface area contributed by atoms with E-state index in [4.69, 9.17) is 9.47 Å². The summed E-state index contributed by atoms with van der Waals surface area (Å²) in [5, 5.41) is 33.2. The van der Waals surface area contributed by atoms with Crippen molar-refractivity contribution < 1.29 is 34.2 Å². The van der Waals surface area contributed by atoms with Gasteiger partial charge < -0.3 is 19.7 Å². The smallest absolute Gasteiger partial charge is 0.302 e. The van der Waals surface area contributed by atoms with Gasteiger partial charge in [-0.2, -0.15) is 0 Å². The fourth-order valence-electron chi connectivity index (χ4n) is 7.95. The van der Waals surface area contributed by atoms with Gasteiger partial charge in [-0.05, 0) is 88.0 Å². The molecular weight excluding hydrogens is 646 g/mol. The van der Waals surface area contributed by atoms with Gasteiger partial charge in [-0.15, -0.1) is 5.73 Å². The predicted molar refractivity (Wildman–Crippen MR) is 200 cm³/mol. The van der Waals surface area contributed by atoms with E-state index in [0.29, 0.717) is 36.8 Å². The zero-order valence-electron chi connectivity index (χ0n) is 32.3. The number of nitro groups is 1. The summed E-state index contributed by atoms with van der Waals surface area (Å²) in [6, 6.07) is 0. The Morgan fingerprint density at radius 1 is 0.902 bits per heavy atom. The van der Waals surface area contributed by atoms with Gasteiger partial charge in [-0.1, -0.05) is 75.8 Å². The number of Topliss-reactive ketones (excluding diaryl/α,β-unsaturated/α-hetero) is 1. The fourth-order valence-corrected chi connectivity index (χ4v) is 7.95. The van der Waals surface area contributed by atoms with Crippen LogP contribution >= 0.6 is 0 Å². The lowest BCUT2D eigenvalue weighted by Crippen LogP contribution is -2.48. The molecule has 1 aliphatic heterocycles. The van der Waals surface area contributed by atoms with Crippen LogP contribution in [0.4, 0.5) is 0 Å². The lowest BCUT2D eigenvalue weighted by atomic mass is 9.61. The molecule has 3 fully saturated rings. The summed E-state index contributed by atoms with van der Waals surface area (Å²) in [6.45, 7) is 20.4. The molecule has 0 radical (unpaired) electrons. The van der Waals surface area contributed by atoms with Crippen LogP contribution < -0.4 is 0 Å². The Hall–Kier alpha value is -3.88. The van der Waals surface area contributed by atoms with Gasteiger partial charge in [0.25, 0.3) is 5.70 Å².